The van der Waals surface area contributed by atoms with Crippen molar-refractivity contribution in [2.45, 2.75) is 0 Å². The molecular formula is C42H30Cl2N4. The minimum Gasteiger partial charge on any atom is -0.337 e. The number of imidazole rings is 2. The topological polar surface area (TPSA) is 57.4 Å². The molecule has 0 fully saturated rings. The van der Waals surface area contributed by atoms with E-state index >= 15 is 0 Å². The largest absolute Gasteiger partial charge is 0.337 e. The molecule has 0 unspecified atom stereocenters. The molecule has 0 bridgehead atoms. The standard InChI is InChI=1S/2C21H15ClN2/c2*22-18-14-8-7-13-17(18)21-23-19(15-9-3-1-4-10-15)20(24-21)16-11-5-2-6-12-16/h2*1-14H,(H,23,24). The molecule has 8 rings (SSSR count). The Hall–Kier alpha value is -5.68. The molecule has 48 heavy (non-hydrogen) atoms. The summed E-state index contributed by atoms with van der Waals surface area (Å²) in [5.74, 6) is 1.55. The number of aromatic amines is 2. The van der Waals surface area contributed by atoms with Crippen LogP contribution in [-0.2, 0) is 0 Å². The van der Waals surface area contributed by atoms with Gasteiger partial charge in [-0.15, -0.1) is 0 Å². The first-order valence-corrected chi connectivity index (χ1v) is 16.3. The molecule has 6 aromatic carbocycles. The van der Waals surface area contributed by atoms with E-state index in [9.17, 15) is 0 Å². The van der Waals surface area contributed by atoms with E-state index in [4.69, 9.17) is 33.2 Å². The summed E-state index contributed by atoms with van der Waals surface area (Å²) in [6, 6.07) is 56.3. The number of nitrogens with one attached hydrogen (secondary N) is 2. The van der Waals surface area contributed by atoms with Crippen molar-refractivity contribution in [3.8, 4) is 67.8 Å². The predicted molar refractivity (Wildman–Crippen MR) is 200 cm³/mol. The average molecular weight is 662 g/mol. The second-order valence-electron chi connectivity index (χ2n) is 11.0. The summed E-state index contributed by atoms with van der Waals surface area (Å²) in [7, 11) is 0. The number of hydrogen-bond acceptors (Lipinski definition) is 2. The zero-order valence-corrected chi connectivity index (χ0v) is 27.3. The predicted octanol–water partition coefficient (Wildman–Crippen LogP) is 12.1. The van der Waals surface area contributed by atoms with Gasteiger partial charge in [0.05, 0.1) is 32.8 Å². The Morgan fingerprint density at radius 2 is 0.625 bits per heavy atom. The first kappa shape index (κ1) is 30.9. The third kappa shape index (κ3) is 6.72. The van der Waals surface area contributed by atoms with E-state index in [-0.39, 0.29) is 0 Å². The summed E-state index contributed by atoms with van der Waals surface area (Å²) in [6.07, 6.45) is 0. The molecule has 2 N–H and O–H groups in total. The van der Waals surface area contributed by atoms with Gasteiger partial charge in [0.1, 0.15) is 11.6 Å². The normalized spacial score (nSPS) is 10.7. The molecule has 0 radical (unpaired) electrons. The molecule has 0 aliphatic heterocycles. The van der Waals surface area contributed by atoms with Crippen LogP contribution in [0.15, 0.2) is 170 Å². The first-order valence-electron chi connectivity index (χ1n) is 15.6. The van der Waals surface area contributed by atoms with Crippen LogP contribution in [0.4, 0.5) is 0 Å². The molecule has 0 saturated heterocycles. The lowest BCUT2D eigenvalue weighted by Crippen LogP contribution is -1.82. The number of nitrogens with zero attached hydrogens (tertiary/aromatic N) is 2. The molecule has 0 aliphatic carbocycles. The molecule has 2 aromatic heterocycles. The number of aromatic nitrogens is 4. The van der Waals surface area contributed by atoms with Gasteiger partial charge in [0, 0.05) is 33.4 Å². The molecule has 0 saturated carbocycles. The molecular weight excluding hydrogens is 631 g/mol. The van der Waals surface area contributed by atoms with Crippen LogP contribution < -0.4 is 0 Å². The van der Waals surface area contributed by atoms with E-state index < -0.39 is 0 Å². The third-order valence-corrected chi connectivity index (χ3v) is 8.54. The minimum atomic E-state index is 0.686. The van der Waals surface area contributed by atoms with Crippen LogP contribution in [0.1, 0.15) is 0 Å². The summed E-state index contributed by atoms with van der Waals surface area (Å²) in [5.41, 5.74) is 10.0. The molecule has 0 spiro atoms. The van der Waals surface area contributed by atoms with Gasteiger partial charge in [-0.1, -0.05) is 169 Å². The molecule has 8 aromatic rings. The third-order valence-electron chi connectivity index (χ3n) is 7.88. The van der Waals surface area contributed by atoms with Crippen LogP contribution in [0, 0.1) is 0 Å². The zero-order valence-electron chi connectivity index (χ0n) is 25.8. The van der Waals surface area contributed by atoms with Gasteiger partial charge in [-0.3, -0.25) is 0 Å². The summed E-state index contributed by atoms with van der Waals surface area (Å²) in [5, 5.41) is 1.37. The SMILES string of the molecule is Clc1ccccc1-c1nc(-c2ccccc2)c(-c2ccccc2)[nH]1.Clc1ccccc1-c1nc(-c2ccccc2)c(-c2ccccc2)[nH]1. The second kappa shape index (κ2) is 14.4. The summed E-state index contributed by atoms with van der Waals surface area (Å²) >= 11 is 12.7. The van der Waals surface area contributed by atoms with Gasteiger partial charge >= 0.3 is 0 Å². The van der Waals surface area contributed by atoms with Crippen molar-refractivity contribution in [2.24, 2.45) is 0 Å². The molecule has 2 heterocycles. The molecule has 6 heteroatoms. The van der Waals surface area contributed by atoms with Gasteiger partial charge < -0.3 is 9.97 Å². The van der Waals surface area contributed by atoms with E-state index in [1.54, 1.807) is 0 Å². The van der Waals surface area contributed by atoms with Crippen molar-refractivity contribution in [3.63, 3.8) is 0 Å². The summed E-state index contributed by atoms with van der Waals surface area (Å²) < 4.78 is 0. The van der Waals surface area contributed by atoms with Crippen LogP contribution >= 0.6 is 23.2 Å². The Balaban J connectivity index is 0.000000152. The Kier molecular flexibility index (Phi) is 9.28. The lowest BCUT2D eigenvalue weighted by atomic mass is 10.1. The Morgan fingerprint density at radius 3 is 0.958 bits per heavy atom. The fourth-order valence-corrected chi connectivity index (χ4v) is 6.00. The molecule has 232 valence electrons. The minimum absolute atomic E-state index is 0.686. The smallest absolute Gasteiger partial charge is 0.140 e. The maximum atomic E-state index is 6.35. The number of benzene rings is 6. The van der Waals surface area contributed by atoms with E-state index in [0.29, 0.717) is 10.0 Å². The van der Waals surface area contributed by atoms with Gasteiger partial charge in [0.15, 0.2) is 0 Å². The molecule has 4 nitrogen and oxygen atoms in total. The van der Waals surface area contributed by atoms with Crippen molar-refractivity contribution >= 4 is 23.2 Å². The van der Waals surface area contributed by atoms with E-state index in [2.05, 4.69) is 58.5 Å². The first-order chi connectivity index (χ1) is 23.7. The Bertz CT molecular complexity index is 1970. The van der Waals surface area contributed by atoms with Gasteiger partial charge in [-0.05, 0) is 24.3 Å². The van der Waals surface area contributed by atoms with Gasteiger partial charge in [0.25, 0.3) is 0 Å². The summed E-state index contributed by atoms with van der Waals surface area (Å²) in [4.78, 5) is 16.6. The van der Waals surface area contributed by atoms with Crippen LogP contribution in [0.5, 0.6) is 0 Å². The van der Waals surface area contributed by atoms with Gasteiger partial charge in [-0.25, -0.2) is 9.97 Å². The highest BCUT2D eigenvalue weighted by Crippen LogP contribution is 2.36. The van der Waals surface area contributed by atoms with Crippen molar-refractivity contribution in [2.75, 3.05) is 0 Å². The fourth-order valence-electron chi connectivity index (χ4n) is 5.55. The van der Waals surface area contributed by atoms with Crippen LogP contribution in [-0.4, -0.2) is 19.9 Å². The fraction of sp³-hybridized carbons (Fsp3) is 0. The van der Waals surface area contributed by atoms with Crippen LogP contribution in [0.25, 0.3) is 67.8 Å². The Labute approximate surface area is 289 Å². The Morgan fingerprint density at radius 1 is 0.333 bits per heavy atom. The van der Waals surface area contributed by atoms with Crippen LogP contribution in [0.3, 0.4) is 0 Å². The summed E-state index contributed by atoms with van der Waals surface area (Å²) in [6.45, 7) is 0. The maximum Gasteiger partial charge on any atom is 0.140 e. The maximum absolute atomic E-state index is 6.35. The van der Waals surface area contributed by atoms with Gasteiger partial charge in [0.2, 0.25) is 0 Å². The highest BCUT2D eigenvalue weighted by Gasteiger charge is 2.17. The van der Waals surface area contributed by atoms with Crippen molar-refractivity contribution in [1.82, 2.24) is 19.9 Å². The number of H-pyrrole nitrogens is 2. The highest BCUT2D eigenvalue weighted by atomic mass is 35.5. The van der Waals surface area contributed by atoms with E-state index in [1.807, 2.05) is 121 Å². The van der Waals surface area contributed by atoms with Crippen molar-refractivity contribution in [3.05, 3.63) is 180 Å². The van der Waals surface area contributed by atoms with Gasteiger partial charge in [-0.2, -0.15) is 0 Å². The van der Waals surface area contributed by atoms with E-state index in [0.717, 1.165) is 67.8 Å². The lowest BCUT2D eigenvalue weighted by molar-refractivity contribution is 1.31. The molecule has 0 amide bonds. The second-order valence-corrected chi connectivity index (χ2v) is 11.9. The number of halogens is 2. The zero-order chi connectivity index (χ0) is 32.7. The number of rotatable bonds is 6. The van der Waals surface area contributed by atoms with Crippen LogP contribution in [0.2, 0.25) is 10.0 Å². The van der Waals surface area contributed by atoms with E-state index in [1.165, 1.54) is 0 Å². The average Bonchev–Trinajstić information content (AvgIpc) is 3.80. The lowest BCUT2D eigenvalue weighted by Gasteiger charge is -2.02. The molecule has 0 atom stereocenters. The number of hydrogen-bond donors (Lipinski definition) is 2. The highest BCUT2D eigenvalue weighted by molar-refractivity contribution is 6.33. The quantitative estimate of drug-likeness (QED) is 0.186. The molecule has 0 aliphatic rings. The monoisotopic (exact) mass is 660 g/mol. The van der Waals surface area contributed by atoms with Crippen molar-refractivity contribution < 1.29 is 0 Å². The van der Waals surface area contributed by atoms with Crippen molar-refractivity contribution in [1.29, 1.82) is 0 Å².